The van der Waals surface area contributed by atoms with Gasteiger partial charge in [-0.15, -0.1) is 0 Å². The van der Waals surface area contributed by atoms with Crippen LogP contribution >= 0.6 is 0 Å². The van der Waals surface area contributed by atoms with E-state index < -0.39 is 17.7 Å². The Morgan fingerprint density at radius 3 is 1.58 bits per heavy atom. The van der Waals surface area contributed by atoms with Gasteiger partial charge in [0.25, 0.3) is 17.7 Å². The van der Waals surface area contributed by atoms with E-state index >= 15 is 0 Å². The predicted molar refractivity (Wildman–Crippen MR) is 313 cm³/mol. The first-order chi connectivity index (χ1) is 40.0. The summed E-state index contributed by atoms with van der Waals surface area (Å²) in [4.78, 5) is 143. The van der Waals surface area contributed by atoms with Crippen molar-refractivity contribution in [3.63, 3.8) is 0 Å². The average molecular weight is 1160 g/mol. The van der Waals surface area contributed by atoms with Gasteiger partial charge < -0.3 is 69.9 Å². The van der Waals surface area contributed by atoms with Gasteiger partial charge in [0.05, 0.1) is 17.1 Å². The standard InChI is InChI=1S/C57H77N17O10/c1-68(2)24-13-11-15-39(75)16-14-17-43(76)40-25-36(30-69(40)3)27-44(77)41-26-37(31-70(41)4)28-45(78)52-64-46(33-72(52)6)62-50(80)18-10-9-12-22-60-55(82)42-29-38(32-71(42)5)61-56(83)53-66-48(35-74(53)8)67-57(84)54-65-47(34-73(54)7)63-51(81)20-23-59-49(79)19-21-58/h25-26,29-35H,9-24,27-28,58H2,1-8H3,(H,59,79)(H,60,82)(H,61,83)(H,62,80)(H,63,81)(H,67,84). The number of ketones is 4. The monoisotopic (exact) mass is 1160 g/mol. The Morgan fingerprint density at radius 1 is 0.440 bits per heavy atom. The highest BCUT2D eigenvalue weighted by molar-refractivity contribution is 6.05. The zero-order valence-corrected chi connectivity index (χ0v) is 49.1. The van der Waals surface area contributed by atoms with Crippen molar-refractivity contribution in [2.24, 2.45) is 48.0 Å². The summed E-state index contributed by atoms with van der Waals surface area (Å²) < 4.78 is 9.28. The van der Waals surface area contributed by atoms with Crippen molar-refractivity contribution in [1.29, 1.82) is 0 Å². The van der Waals surface area contributed by atoms with Crippen LogP contribution in [0.2, 0.25) is 0 Å². The second kappa shape index (κ2) is 30.3. The number of nitrogens with two attached hydrogens (primary N) is 1. The Hall–Kier alpha value is -9.11. The highest BCUT2D eigenvalue weighted by Crippen LogP contribution is 2.20. The fourth-order valence-electron chi connectivity index (χ4n) is 9.31. The molecule has 0 fully saturated rings. The molecule has 0 spiro atoms. The van der Waals surface area contributed by atoms with Crippen LogP contribution in [0.15, 0.2) is 55.4 Å². The molecule has 450 valence electrons. The Labute approximate surface area is 486 Å². The molecule has 8 N–H and O–H groups in total. The van der Waals surface area contributed by atoms with Crippen LogP contribution in [0.1, 0.15) is 151 Å². The number of unbranched alkanes of at least 4 members (excludes halogenated alkanes) is 3. The minimum atomic E-state index is -0.658. The third-order valence-electron chi connectivity index (χ3n) is 13.6. The number of nitrogens with one attached hydrogen (secondary N) is 6. The molecule has 0 atom stereocenters. The number of carbonyl (C=O) groups excluding carboxylic acids is 10. The molecule has 0 saturated carbocycles. The zero-order valence-electron chi connectivity index (χ0n) is 49.1. The van der Waals surface area contributed by atoms with E-state index in [0.717, 1.165) is 19.4 Å². The van der Waals surface area contributed by atoms with E-state index in [1.165, 1.54) is 32.2 Å². The summed E-state index contributed by atoms with van der Waals surface area (Å²) in [5.74, 6) is -2.62. The number of hydrogen-bond donors (Lipinski definition) is 7. The van der Waals surface area contributed by atoms with E-state index in [4.69, 9.17) is 5.73 Å². The molecule has 27 heteroatoms. The summed E-state index contributed by atoms with van der Waals surface area (Å²) in [5.41, 5.74) is 8.12. The van der Waals surface area contributed by atoms with Crippen LogP contribution in [-0.2, 0) is 74.3 Å². The van der Waals surface area contributed by atoms with Crippen LogP contribution in [0.4, 0.5) is 23.1 Å². The second-order valence-corrected chi connectivity index (χ2v) is 21.1. The molecule has 6 rings (SSSR count). The van der Waals surface area contributed by atoms with Crippen molar-refractivity contribution in [1.82, 2.24) is 57.9 Å². The molecule has 0 bridgehead atoms. The summed E-state index contributed by atoms with van der Waals surface area (Å²) in [5, 5.41) is 16.1. The van der Waals surface area contributed by atoms with Crippen molar-refractivity contribution in [3.05, 3.63) is 101 Å². The molecular formula is C57H77N17O10. The third kappa shape index (κ3) is 18.7. The molecule has 27 nitrogen and oxygen atoms in total. The first kappa shape index (κ1) is 64.1. The average Bonchev–Trinajstić information content (AvgIpc) is 4.06. The molecule has 0 aliphatic carbocycles. The Balaban J connectivity index is 0.876. The second-order valence-electron chi connectivity index (χ2n) is 21.1. The summed E-state index contributed by atoms with van der Waals surface area (Å²) >= 11 is 0. The lowest BCUT2D eigenvalue weighted by atomic mass is 10.0. The topological polar surface area (TPSA) is 340 Å². The molecule has 0 saturated heterocycles. The highest BCUT2D eigenvalue weighted by atomic mass is 16.2. The van der Waals surface area contributed by atoms with E-state index in [2.05, 4.69) is 51.8 Å². The van der Waals surface area contributed by atoms with E-state index in [0.29, 0.717) is 73.3 Å². The summed E-state index contributed by atoms with van der Waals surface area (Å²) in [6.07, 6.45) is 14.9. The fourth-order valence-corrected chi connectivity index (χ4v) is 9.31. The van der Waals surface area contributed by atoms with Crippen LogP contribution in [-0.4, -0.2) is 146 Å². The number of aryl methyl sites for hydroxylation is 6. The normalized spacial score (nSPS) is 11.2. The number of nitrogens with zero attached hydrogens (tertiary/aromatic N) is 10. The lowest BCUT2D eigenvalue weighted by molar-refractivity contribution is -0.121. The van der Waals surface area contributed by atoms with Gasteiger partial charge in [-0.1, -0.05) is 6.42 Å². The maximum absolute atomic E-state index is 13.5. The summed E-state index contributed by atoms with van der Waals surface area (Å²) in [6, 6.07) is 4.90. The maximum Gasteiger partial charge on any atom is 0.292 e. The van der Waals surface area contributed by atoms with Gasteiger partial charge in [0.2, 0.25) is 35.2 Å². The van der Waals surface area contributed by atoms with Gasteiger partial charge in [0, 0.05) is 150 Å². The van der Waals surface area contributed by atoms with E-state index in [1.807, 2.05) is 14.1 Å². The predicted octanol–water partition coefficient (Wildman–Crippen LogP) is 3.63. The quantitative estimate of drug-likeness (QED) is 0.0224. The molecule has 0 unspecified atom stereocenters. The van der Waals surface area contributed by atoms with Crippen LogP contribution in [0.3, 0.4) is 0 Å². The number of anilines is 4. The molecule has 6 aromatic heterocycles. The number of Topliss-reactive ketones (excluding diaryl/α,β-unsaturated/α-hetero) is 4. The van der Waals surface area contributed by atoms with Gasteiger partial charge >= 0.3 is 0 Å². The van der Waals surface area contributed by atoms with E-state index in [-0.39, 0.29) is 133 Å². The molecule has 84 heavy (non-hydrogen) atoms. The van der Waals surface area contributed by atoms with E-state index in [9.17, 15) is 47.9 Å². The SMILES string of the molecule is CN(C)CCCCC(=O)CCCC(=O)c1cc(CC(=O)c2cc(CC(=O)c3nc(NC(=O)CCCCCNC(=O)c4cc(NC(=O)c5nc(NC(=O)c6nc(NC(=O)CCNC(=O)CCN)cn6C)cn5C)cn4C)cn3C)cn2C)cn1C. The lowest BCUT2D eigenvalue weighted by Gasteiger charge is -2.08. The third-order valence-corrected chi connectivity index (χ3v) is 13.6. The number of hydrogen-bond acceptors (Lipinski definition) is 15. The molecule has 0 aliphatic heterocycles. The van der Waals surface area contributed by atoms with Gasteiger partial charge in [0.15, 0.2) is 34.8 Å². The Bertz CT molecular complexity index is 3380. The van der Waals surface area contributed by atoms with Gasteiger partial charge in [-0.05, 0) is 82.1 Å². The van der Waals surface area contributed by atoms with Gasteiger partial charge in [-0.2, -0.15) is 0 Å². The van der Waals surface area contributed by atoms with Gasteiger partial charge in [0.1, 0.15) is 11.5 Å². The number of amides is 6. The minimum absolute atomic E-state index is 0.0185. The molecular weight excluding hydrogens is 1080 g/mol. The van der Waals surface area contributed by atoms with Gasteiger partial charge in [-0.25, -0.2) is 15.0 Å². The molecule has 0 radical (unpaired) electrons. The summed E-state index contributed by atoms with van der Waals surface area (Å²) in [7, 11) is 13.9. The molecule has 6 heterocycles. The Kier molecular flexibility index (Phi) is 23.1. The number of aromatic nitrogens is 9. The largest absolute Gasteiger partial charge is 0.356 e. The smallest absolute Gasteiger partial charge is 0.292 e. The van der Waals surface area contributed by atoms with E-state index in [1.54, 1.807) is 92.9 Å². The van der Waals surface area contributed by atoms with Crippen molar-refractivity contribution in [2.75, 3.05) is 61.5 Å². The first-order valence-electron chi connectivity index (χ1n) is 27.8. The minimum Gasteiger partial charge on any atom is -0.356 e. The van der Waals surface area contributed by atoms with Crippen molar-refractivity contribution < 1.29 is 47.9 Å². The number of rotatable bonds is 34. The Morgan fingerprint density at radius 2 is 0.964 bits per heavy atom. The van der Waals surface area contributed by atoms with Crippen LogP contribution in [0, 0.1) is 0 Å². The van der Waals surface area contributed by atoms with Crippen LogP contribution in [0.5, 0.6) is 0 Å². The molecule has 0 aromatic carbocycles. The molecule has 0 aliphatic rings. The molecule has 6 amide bonds. The maximum atomic E-state index is 13.5. The summed E-state index contributed by atoms with van der Waals surface area (Å²) in [6.45, 7) is 1.56. The molecule has 6 aromatic rings. The fraction of sp³-hybridized carbons (Fsp3) is 0.456. The lowest BCUT2D eigenvalue weighted by Crippen LogP contribution is -2.29. The van der Waals surface area contributed by atoms with Crippen molar-refractivity contribution in [2.45, 2.75) is 89.9 Å². The first-order valence-corrected chi connectivity index (χ1v) is 27.8. The van der Waals surface area contributed by atoms with Crippen molar-refractivity contribution >= 4 is 81.7 Å². The number of carbonyl (C=O) groups is 10. The van der Waals surface area contributed by atoms with Crippen molar-refractivity contribution in [3.8, 4) is 0 Å². The van der Waals surface area contributed by atoms with Gasteiger partial charge in [-0.3, -0.25) is 47.9 Å². The van der Waals surface area contributed by atoms with Crippen LogP contribution in [0.25, 0.3) is 0 Å². The zero-order chi connectivity index (χ0) is 61.2. The highest BCUT2D eigenvalue weighted by Gasteiger charge is 2.24. The van der Waals surface area contributed by atoms with Crippen LogP contribution < -0.4 is 37.6 Å². The number of imidazole rings is 3.